The minimum absolute atomic E-state index is 0.0602. The highest BCUT2D eigenvalue weighted by Gasteiger charge is 2.20. The largest absolute Gasteiger partial charge is 0.381 e. The monoisotopic (exact) mass is 264 g/mol. The Bertz CT molecular complexity index is 349. The molecule has 0 aromatic heterocycles. The summed E-state index contributed by atoms with van der Waals surface area (Å²) < 4.78 is 27.1. The van der Waals surface area contributed by atoms with Gasteiger partial charge in [0.25, 0.3) is 0 Å². The maximum Gasteiger partial charge on any atom is 0.237 e. The molecule has 0 spiro atoms. The fraction of sp³-hybridized carbons (Fsp3) is 0.900. The molecule has 1 amide bonds. The number of amides is 1. The second kappa shape index (κ2) is 6.32. The molecule has 100 valence electrons. The van der Waals surface area contributed by atoms with Crippen LogP contribution in [-0.4, -0.2) is 51.6 Å². The molecule has 0 bridgehead atoms. The maximum absolute atomic E-state index is 11.7. The van der Waals surface area contributed by atoms with E-state index in [9.17, 15) is 13.2 Å². The Balaban J connectivity index is 2.30. The Morgan fingerprint density at radius 1 is 1.47 bits per heavy atom. The van der Waals surface area contributed by atoms with Crippen molar-refractivity contribution < 1.29 is 17.9 Å². The fourth-order valence-corrected chi connectivity index (χ4v) is 2.30. The normalized spacial score (nSPS) is 19.9. The smallest absolute Gasteiger partial charge is 0.237 e. The standard InChI is InChI=1S/C10H20N2O4S/c1-17(14,15)7-4-9(11)10(13)12-8-2-5-16-6-3-8/h8-9H,2-7,11H2,1H3,(H,12,13)/t9-/m1/s1. The minimum atomic E-state index is -3.07. The first-order valence-electron chi connectivity index (χ1n) is 5.70. The van der Waals surface area contributed by atoms with E-state index in [-0.39, 0.29) is 24.1 Å². The average Bonchev–Trinajstić information content (AvgIpc) is 2.26. The quantitative estimate of drug-likeness (QED) is 0.666. The van der Waals surface area contributed by atoms with E-state index >= 15 is 0 Å². The first-order chi connectivity index (χ1) is 7.88. The molecule has 1 aliphatic heterocycles. The Labute approximate surface area is 102 Å². The van der Waals surface area contributed by atoms with Crippen molar-refractivity contribution in [1.29, 1.82) is 0 Å². The van der Waals surface area contributed by atoms with Crippen LogP contribution in [0.25, 0.3) is 0 Å². The molecule has 0 aromatic carbocycles. The van der Waals surface area contributed by atoms with Crippen molar-refractivity contribution in [3.63, 3.8) is 0 Å². The van der Waals surface area contributed by atoms with Crippen LogP contribution in [0.4, 0.5) is 0 Å². The Kier molecular flexibility index (Phi) is 5.35. The van der Waals surface area contributed by atoms with Gasteiger partial charge >= 0.3 is 0 Å². The Hall–Kier alpha value is -0.660. The highest BCUT2D eigenvalue weighted by atomic mass is 32.2. The van der Waals surface area contributed by atoms with Crippen LogP contribution < -0.4 is 11.1 Å². The number of carbonyl (C=O) groups excluding carboxylic acids is 1. The number of rotatable bonds is 5. The second-order valence-corrected chi connectivity index (χ2v) is 6.68. The first-order valence-corrected chi connectivity index (χ1v) is 7.76. The summed E-state index contributed by atoms with van der Waals surface area (Å²) in [6, 6.07) is -0.659. The molecule has 6 nitrogen and oxygen atoms in total. The zero-order chi connectivity index (χ0) is 12.9. The van der Waals surface area contributed by atoms with Crippen molar-refractivity contribution in [1.82, 2.24) is 5.32 Å². The van der Waals surface area contributed by atoms with Gasteiger partial charge in [-0.3, -0.25) is 4.79 Å². The zero-order valence-corrected chi connectivity index (χ0v) is 10.8. The summed E-state index contributed by atoms with van der Waals surface area (Å²) in [5, 5.41) is 2.82. The van der Waals surface area contributed by atoms with E-state index in [0.717, 1.165) is 19.1 Å². The summed E-state index contributed by atoms with van der Waals surface area (Å²) in [6.07, 6.45) is 2.86. The predicted molar refractivity (Wildman–Crippen MR) is 64.3 cm³/mol. The molecule has 7 heteroatoms. The molecule has 1 atom stereocenters. The molecule has 17 heavy (non-hydrogen) atoms. The van der Waals surface area contributed by atoms with Crippen LogP contribution in [0.5, 0.6) is 0 Å². The number of hydrogen-bond acceptors (Lipinski definition) is 5. The van der Waals surface area contributed by atoms with Crippen LogP contribution in [0.1, 0.15) is 19.3 Å². The number of carbonyl (C=O) groups is 1. The second-order valence-electron chi connectivity index (χ2n) is 4.42. The molecule has 1 fully saturated rings. The number of ether oxygens (including phenoxy) is 1. The molecule has 0 unspecified atom stereocenters. The first kappa shape index (κ1) is 14.4. The Morgan fingerprint density at radius 2 is 2.06 bits per heavy atom. The van der Waals surface area contributed by atoms with Gasteiger partial charge in [0.05, 0.1) is 11.8 Å². The van der Waals surface area contributed by atoms with Crippen LogP contribution in [0, 0.1) is 0 Å². The van der Waals surface area contributed by atoms with Gasteiger partial charge in [0.15, 0.2) is 0 Å². The van der Waals surface area contributed by atoms with E-state index in [1.165, 1.54) is 0 Å². The van der Waals surface area contributed by atoms with Crippen molar-refractivity contribution in [3.05, 3.63) is 0 Å². The molecule has 1 heterocycles. The highest BCUT2D eigenvalue weighted by molar-refractivity contribution is 7.90. The van der Waals surface area contributed by atoms with E-state index in [1.807, 2.05) is 0 Å². The van der Waals surface area contributed by atoms with Crippen LogP contribution in [-0.2, 0) is 19.4 Å². The number of nitrogens with two attached hydrogens (primary N) is 1. The van der Waals surface area contributed by atoms with Crippen LogP contribution >= 0.6 is 0 Å². The van der Waals surface area contributed by atoms with Crippen molar-refractivity contribution >= 4 is 15.7 Å². The molecular weight excluding hydrogens is 244 g/mol. The third-order valence-electron chi connectivity index (χ3n) is 2.70. The van der Waals surface area contributed by atoms with E-state index < -0.39 is 15.9 Å². The molecule has 0 saturated carbocycles. The molecule has 3 N–H and O–H groups in total. The lowest BCUT2D eigenvalue weighted by atomic mass is 10.1. The molecule has 1 rings (SSSR count). The van der Waals surface area contributed by atoms with Gasteiger partial charge in [0.1, 0.15) is 9.84 Å². The van der Waals surface area contributed by atoms with Crippen LogP contribution in [0.2, 0.25) is 0 Å². The molecule has 1 saturated heterocycles. The topological polar surface area (TPSA) is 98.5 Å². The van der Waals surface area contributed by atoms with Crippen molar-refractivity contribution in [2.75, 3.05) is 25.2 Å². The lowest BCUT2D eigenvalue weighted by Crippen LogP contribution is -2.47. The number of sulfone groups is 1. The van der Waals surface area contributed by atoms with Gasteiger partial charge in [-0.1, -0.05) is 0 Å². The molecule has 0 aliphatic carbocycles. The minimum Gasteiger partial charge on any atom is -0.381 e. The average molecular weight is 264 g/mol. The number of hydrogen-bond donors (Lipinski definition) is 2. The zero-order valence-electron chi connectivity index (χ0n) is 10.0. The van der Waals surface area contributed by atoms with E-state index in [2.05, 4.69) is 5.32 Å². The lowest BCUT2D eigenvalue weighted by Gasteiger charge is -2.24. The van der Waals surface area contributed by atoms with Gasteiger partial charge in [-0.05, 0) is 19.3 Å². The van der Waals surface area contributed by atoms with Gasteiger partial charge in [0.2, 0.25) is 5.91 Å². The molecule has 0 radical (unpaired) electrons. The van der Waals surface area contributed by atoms with Gasteiger partial charge < -0.3 is 15.8 Å². The Morgan fingerprint density at radius 3 is 2.59 bits per heavy atom. The fourth-order valence-electron chi connectivity index (χ4n) is 1.62. The van der Waals surface area contributed by atoms with E-state index in [4.69, 9.17) is 10.5 Å². The van der Waals surface area contributed by atoms with Crippen LogP contribution in [0.15, 0.2) is 0 Å². The summed E-state index contributed by atoms with van der Waals surface area (Å²) in [6.45, 7) is 1.28. The van der Waals surface area contributed by atoms with Crippen molar-refractivity contribution in [2.24, 2.45) is 5.73 Å². The third kappa shape index (κ3) is 5.99. The van der Waals surface area contributed by atoms with Crippen LogP contribution in [0.3, 0.4) is 0 Å². The van der Waals surface area contributed by atoms with Gasteiger partial charge in [-0.15, -0.1) is 0 Å². The lowest BCUT2D eigenvalue weighted by molar-refractivity contribution is -0.123. The summed E-state index contributed by atoms with van der Waals surface area (Å²) in [5.41, 5.74) is 5.63. The van der Waals surface area contributed by atoms with Crippen molar-refractivity contribution in [3.8, 4) is 0 Å². The molecule has 0 aromatic rings. The van der Waals surface area contributed by atoms with Gasteiger partial charge in [0, 0.05) is 25.5 Å². The summed E-state index contributed by atoms with van der Waals surface area (Å²) in [7, 11) is -3.07. The third-order valence-corrected chi connectivity index (χ3v) is 3.68. The van der Waals surface area contributed by atoms with Crippen molar-refractivity contribution in [2.45, 2.75) is 31.3 Å². The molecular formula is C10H20N2O4S. The molecule has 1 aliphatic rings. The maximum atomic E-state index is 11.7. The summed E-state index contributed by atoms with van der Waals surface area (Å²) >= 11 is 0. The summed E-state index contributed by atoms with van der Waals surface area (Å²) in [5.74, 6) is -0.337. The van der Waals surface area contributed by atoms with E-state index in [0.29, 0.717) is 13.2 Å². The number of nitrogens with one attached hydrogen (secondary N) is 1. The van der Waals surface area contributed by atoms with Gasteiger partial charge in [-0.2, -0.15) is 0 Å². The summed E-state index contributed by atoms with van der Waals surface area (Å²) in [4.78, 5) is 11.7. The predicted octanol–water partition coefficient (Wildman–Crippen LogP) is -0.956. The van der Waals surface area contributed by atoms with Gasteiger partial charge in [-0.25, -0.2) is 8.42 Å². The SMILES string of the molecule is CS(=O)(=O)CC[C@@H](N)C(=O)NC1CCOCC1. The van der Waals surface area contributed by atoms with E-state index in [1.54, 1.807) is 0 Å². The highest BCUT2D eigenvalue weighted by Crippen LogP contribution is 2.06.